The van der Waals surface area contributed by atoms with Crippen molar-refractivity contribution < 1.29 is 14.2 Å². The monoisotopic (exact) mass is 219 g/mol. The molecule has 0 heterocycles. The zero-order chi connectivity index (χ0) is 11.5. The summed E-state index contributed by atoms with van der Waals surface area (Å²) in [4.78, 5) is 0. The van der Waals surface area contributed by atoms with Gasteiger partial charge in [-0.15, -0.1) is 0 Å². The lowest BCUT2D eigenvalue weighted by atomic mass is 10.3. The van der Waals surface area contributed by atoms with Gasteiger partial charge in [-0.1, -0.05) is 0 Å². The van der Waals surface area contributed by atoms with E-state index in [-0.39, 0.29) is 6.10 Å². The van der Waals surface area contributed by atoms with Gasteiger partial charge in [-0.3, -0.25) is 0 Å². The molecule has 0 aromatic heterocycles. The summed E-state index contributed by atoms with van der Waals surface area (Å²) in [6.45, 7) is 9.81. The molecule has 0 aromatic carbocycles. The number of nitrogens with one attached hydrogen (secondary N) is 1. The number of rotatable bonds is 10. The smallest absolute Gasteiger partial charge is 0.0781 e. The van der Waals surface area contributed by atoms with Gasteiger partial charge in [-0.2, -0.15) is 0 Å². The van der Waals surface area contributed by atoms with Crippen LogP contribution in [0.25, 0.3) is 0 Å². The van der Waals surface area contributed by atoms with Crippen molar-refractivity contribution in [2.45, 2.75) is 32.9 Å². The van der Waals surface area contributed by atoms with E-state index in [4.69, 9.17) is 14.2 Å². The zero-order valence-electron chi connectivity index (χ0n) is 10.4. The molecular formula is C11H25NO3. The lowest BCUT2D eigenvalue weighted by Crippen LogP contribution is -2.33. The number of hydrogen-bond acceptors (Lipinski definition) is 4. The molecule has 4 heteroatoms. The first-order valence-corrected chi connectivity index (χ1v) is 5.62. The summed E-state index contributed by atoms with van der Waals surface area (Å²) in [5.74, 6) is 0. The molecule has 2 unspecified atom stereocenters. The summed E-state index contributed by atoms with van der Waals surface area (Å²) in [6.07, 6.45) is 0.171. The highest BCUT2D eigenvalue weighted by molar-refractivity contribution is 4.58. The molecule has 0 bridgehead atoms. The van der Waals surface area contributed by atoms with Gasteiger partial charge in [-0.05, 0) is 20.8 Å². The quantitative estimate of drug-likeness (QED) is 0.558. The Morgan fingerprint density at radius 1 is 1.20 bits per heavy atom. The first kappa shape index (κ1) is 14.8. The molecule has 0 saturated heterocycles. The van der Waals surface area contributed by atoms with Crippen LogP contribution in [-0.2, 0) is 14.2 Å². The Hall–Kier alpha value is -0.160. The Labute approximate surface area is 93.3 Å². The third-order valence-electron chi connectivity index (χ3n) is 1.97. The van der Waals surface area contributed by atoms with E-state index >= 15 is 0 Å². The van der Waals surface area contributed by atoms with E-state index in [1.807, 2.05) is 13.8 Å². The number of ether oxygens (including phenoxy) is 3. The molecule has 0 saturated carbocycles. The molecule has 0 rings (SSSR count). The summed E-state index contributed by atoms with van der Waals surface area (Å²) in [5, 5.41) is 3.30. The number of hydrogen-bond donors (Lipinski definition) is 1. The van der Waals surface area contributed by atoms with Gasteiger partial charge in [-0.25, -0.2) is 0 Å². The highest BCUT2D eigenvalue weighted by Gasteiger charge is 2.02. The lowest BCUT2D eigenvalue weighted by Gasteiger charge is -2.15. The van der Waals surface area contributed by atoms with Crippen molar-refractivity contribution in [3.05, 3.63) is 0 Å². The summed E-state index contributed by atoms with van der Waals surface area (Å²) in [7, 11) is 1.71. The standard InChI is InChI=1S/C11H25NO3/c1-5-14-9-11(3)15-7-6-12-10(2)8-13-4/h10-12H,5-9H2,1-4H3. The van der Waals surface area contributed by atoms with Gasteiger partial charge in [0.2, 0.25) is 0 Å². The number of methoxy groups -OCH3 is 1. The van der Waals surface area contributed by atoms with Gasteiger partial charge in [0.15, 0.2) is 0 Å². The van der Waals surface area contributed by atoms with E-state index in [1.54, 1.807) is 7.11 Å². The van der Waals surface area contributed by atoms with Crippen molar-refractivity contribution in [2.24, 2.45) is 0 Å². The minimum absolute atomic E-state index is 0.171. The molecule has 0 spiro atoms. The van der Waals surface area contributed by atoms with Gasteiger partial charge < -0.3 is 19.5 Å². The maximum atomic E-state index is 5.54. The van der Waals surface area contributed by atoms with Crippen LogP contribution in [0.1, 0.15) is 20.8 Å². The Balaban J connectivity index is 3.22. The van der Waals surface area contributed by atoms with Crippen LogP contribution >= 0.6 is 0 Å². The molecule has 0 aliphatic carbocycles. The molecule has 0 amide bonds. The minimum atomic E-state index is 0.171. The van der Waals surface area contributed by atoms with Crippen LogP contribution in [0.5, 0.6) is 0 Å². The second-order valence-electron chi connectivity index (χ2n) is 3.65. The van der Waals surface area contributed by atoms with Crippen LogP contribution in [0.3, 0.4) is 0 Å². The molecule has 2 atom stereocenters. The summed E-state index contributed by atoms with van der Waals surface area (Å²) in [5.41, 5.74) is 0. The largest absolute Gasteiger partial charge is 0.383 e. The summed E-state index contributed by atoms with van der Waals surface area (Å²) < 4.78 is 15.8. The van der Waals surface area contributed by atoms with E-state index in [0.717, 1.165) is 19.8 Å². The molecule has 0 aromatic rings. The summed E-state index contributed by atoms with van der Waals surface area (Å²) in [6, 6.07) is 0.376. The van der Waals surface area contributed by atoms with Gasteiger partial charge in [0.1, 0.15) is 0 Å². The van der Waals surface area contributed by atoms with Crippen LogP contribution in [0, 0.1) is 0 Å². The van der Waals surface area contributed by atoms with E-state index in [9.17, 15) is 0 Å². The Kier molecular flexibility index (Phi) is 10.3. The maximum Gasteiger partial charge on any atom is 0.0781 e. The second kappa shape index (κ2) is 10.4. The molecule has 1 N–H and O–H groups in total. The third kappa shape index (κ3) is 10.1. The summed E-state index contributed by atoms with van der Waals surface area (Å²) >= 11 is 0. The topological polar surface area (TPSA) is 39.7 Å². The lowest BCUT2D eigenvalue weighted by molar-refractivity contribution is -0.00284. The molecule has 0 fully saturated rings. The van der Waals surface area contributed by atoms with E-state index in [0.29, 0.717) is 19.3 Å². The van der Waals surface area contributed by atoms with Crippen LogP contribution in [0.4, 0.5) is 0 Å². The average molecular weight is 219 g/mol. The van der Waals surface area contributed by atoms with Crippen molar-refractivity contribution in [1.29, 1.82) is 0 Å². The van der Waals surface area contributed by atoms with Crippen molar-refractivity contribution in [2.75, 3.05) is 40.1 Å². The van der Waals surface area contributed by atoms with Crippen LogP contribution in [0.15, 0.2) is 0 Å². The molecule has 0 aliphatic heterocycles. The maximum absolute atomic E-state index is 5.54. The van der Waals surface area contributed by atoms with Crippen LogP contribution in [-0.4, -0.2) is 52.2 Å². The predicted molar refractivity (Wildman–Crippen MR) is 61.2 cm³/mol. The van der Waals surface area contributed by atoms with Crippen molar-refractivity contribution >= 4 is 0 Å². The fourth-order valence-corrected chi connectivity index (χ4v) is 1.21. The van der Waals surface area contributed by atoms with E-state index < -0.39 is 0 Å². The average Bonchev–Trinajstić information content (AvgIpc) is 2.22. The zero-order valence-corrected chi connectivity index (χ0v) is 10.4. The minimum Gasteiger partial charge on any atom is -0.383 e. The molecular weight excluding hydrogens is 194 g/mol. The molecule has 92 valence electrons. The SMILES string of the molecule is CCOCC(C)OCCNC(C)COC. The predicted octanol–water partition coefficient (Wildman–Crippen LogP) is 1.05. The third-order valence-corrected chi connectivity index (χ3v) is 1.97. The second-order valence-corrected chi connectivity index (χ2v) is 3.65. The van der Waals surface area contributed by atoms with Gasteiger partial charge in [0.05, 0.1) is 25.9 Å². The first-order chi connectivity index (χ1) is 7.20. The van der Waals surface area contributed by atoms with Crippen LogP contribution < -0.4 is 5.32 Å². The highest BCUT2D eigenvalue weighted by atomic mass is 16.5. The Morgan fingerprint density at radius 3 is 2.53 bits per heavy atom. The Morgan fingerprint density at radius 2 is 1.93 bits per heavy atom. The first-order valence-electron chi connectivity index (χ1n) is 5.62. The van der Waals surface area contributed by atoms with Crippen molar-refractivity contribution in [3.8, 4) is 0 Å². The van der Waals surface area contributed by atoms with E-state index in [2.05, 4.69) is 12.2 Å². The Bertz CT molecular complexity index is 133. The molecule has 4 nitrogen and oxygen atoms in total. The van der Waals surface area contributed by atoms with Crippen molar-refractivity contribution in [3.63, 3.8) is 0 Å². The van der Waals surface area contributed by atoms with Crippen molar-refractivity contribution in [1.82, 2.24) is 5.32 Å². The fraction of sp³-hybridized carbons (Fsp3) is 1.00. The fourth-order valence-electron chi connectivity index (χ4n) is 1.21. The van der Waals surface area contributed by atoms with Gasteiger partial charge >= 0.3 is 0 Å². The molecule has 15 heavy (non-hydrogen) atoms. The van der Waals surface area contributed by atoms with E-state index in [1.165, 1.54) is 0 Å². The van der Waals surface area contributed by atoms with Gasteiger partial charge in [0, 0.05) is 26.3 Å². The van der Waals surface area contributed by atoms with Gasteiger partial charge in [0.25, 0.3) is 0 Å². The molecule has 0 radical (unpaired) electrons. The van der Waals surface area contributed by atoms with Crippen LogP contribution in [0.2, 0.25) is 0 Å². The highest BCUT2D eigenvalue weighted by Crippen LogP contribution is 1.91. The molecule has 0 aliphatic rings. The normalized spacial score (nSPS) is 15.2.